The largest absolute Gasteiger partial charge is 0.316 e. The van der Waals surface area contributed by atoms with Crippen molar-refractivity contribution in [2.24, 2.45) is 5.92 Å². The van der Waals surface area contributed by atoms with Gasteiger partial charge in [-0.3, -0.25) is 0 Å². The van der Waals surface area contributed by atoms with Gasteiger partial charge in [0.25, 0.3) is 0 Å². The van der Waals surface area contributed by atoms with E-state index in [0.29, 0.717) is 0 Å². The van der Waals surface area contributed by atoms with Crippen LogP contribution in [0, 0.1) is 5.92 Å². The summed E-state index contributed by atoms with van der Waals surface area (Å²) in [6.45, 7) is 10.8. The smallest absolute Gasteiger partial charge is 0.00157 e. The lowest BCUT2D eigenvalue weighted by Gasteiger charge is -2.31. The highest BCUT2D eigenvalue weighted by atomic mass is 15.1. The molecule has 1 saturated heterocycles. The molecule has 1 N–H and O–H groups in total. The van der Waals surface area contributed by atoms with E-state index in [1.165, 1.54) is 52.0 Å². The Morgan fingerprint density at radius 3 is 2.46 bits per heavy atom. The zero-order valence-electron chi connectivity index (χ0n) is 9.18. The minimum atomic E-state index is 0.939. The lowest BCUT2D eigenvalue weighted by Crippen LogP contribution is -2.37. The van der Waals surface area contributed by atoms with Crippen LogP contribution in [0.3, 0.4) is 0 Å². The Kier molecular flexibility index (Phi) is 5.40. The summed E-state index contributed by atoms with van der Waals surface area (Å²) in [5, 5.41) is 3.52. The molecule has 0 aromatic rings. The van der Waals surface area contributed by atoms with E-state index >= 15 is 0 Å². The maximum Gasteiger partial charge on any atom is -0.00157 e. The van der Waals surface area contributed by atoms with Crippen molar-refractivity contribution in [1.29, 1.82) is 0 Å². The van der Waals surface area contributed by atoms with Crippen molar-refractivity contribution < 1.29 is 0 Å². The number of hydrogen-bond acceptors (Lipinski definition) is 2. The van der Waals surface area contributed by atoms with E-state index in [1.54, 1.807) is 0 Å². The molecule has 0 aromatic carbocycles. The number of likely N-dealkylation sites (tertiary alicyclic amines) is 1. The van der Waals surface area contributed by atoms with Crippen molar-refractivity contribution in [3.05, 3.63) is 0 Å². The predicted molar refractivity (Wildman–Crippen MR) is 58.0 cm³/mol. The SMILES string of the molecule is CCCNCC1CCN(CC)CC1. The van der Waals surface area contributed by atoms with E-state index in [-0.39, 0.29) is 0 Å². The average molecular weight is 184 g/mol. The van der Waals surface area contributed by atoms with E-state index in [2.05, 4.69) is 24.1 Å². The van der Waals surface area contributed by atoms with Crippen LogP contribution in [0.25, 0.3) is 0 Å². The molecule has 0 bridgehead atoms. The molecule has 1 fully saturated rings. The molecule has 2 heteroatoms. The molecule has 1 heterocycles. The van der Waals surface area contributed by atoms with Gasteiger partial charge >= 0.3 is 0 Å². The average Bonchev–Trinajstić information content (AvgIpc) is 2.19. The van der Waals surface area contributed by atoms with Crippen molar-refractivity contribution in [2.45, 2.75) is 33.1 Å². The van der Waals surface area contributed by atoms with Crippen LogP contribution in [0.5, 0.6) is 0 Å². The van der Waals surface area contributed by atoms with E-state index in [0.717, 1.165) is 5.92 Å². The Bertz CT molecular complexity index is 115. The van der Waals surface area contributed by atoms with Crippen LogP contribution in [0.4, 0.5) is 0 Å². The molecule has 0 aliphatic carbocycles. The minimum absolute atomic E-state index is 0.939. The van der Waals surface area contributed by atoms with Gasteiger partial charge in [-0.1, -0.05) is 13.8 Å². The van der Waals surface area contributed by atoms with Gasteiger partial charge in [0.1, 0.15) is 0 Å². The number of nitrogens with one attached hydrogen (secondary N) is 1. The van der Waals surface area contributed by atoms with Crippen LogP contribution < -0.4 is 5.32 Å². The third kappa shape index (κ3) is 4.10. The highest BCUT2D eigenvalue weighted by molar-refractivity contribution is 4.72. The van der Waals surface area contributed by atoms with Gasteiger partial charge in [-0.05, 0) is 57.9 Å². The van der Waals surface area contributed by atoms with Crippen molar-refractivity contribution in [3.63, 3.8) is 0 Å². The third-order valence-corrected chi connectivity index (χ3v) is 3.01. The van der Waals surface area contributed by atoms with Crippen LogP contribution in [-0.4, -0.2) is 37.6 Å². The second-order valence-electron chi connectivity index (χ2n) is 4.08. The monoisotopic (exact) mass is 184 g/mol. The fourth-order valence-corrected chi connectivity index (χ4v) is 1.99. The number of hydrogen-bond donors (Lipinski definition) is 1. The van der Waals surface area contributed by atoms with Crippen LogP contribution >= 0.6 is 0 Å². The molecule has 78 valence electrons. The first-order chi connectivity index (χ1) is 6.36. The zero-order chi connectivity index (χ0) is 9.52. The Labute approximate surface area is 82.7 Å². The Morgan fingerprint density at radius 1 is 1.23 bits per heavy atom. The molecule has 0 aromatic heterocycles. The first-order valence-corrected chi connectivity index (χ1v) is 5.79. The minimum Gasteiger partial charge on any atom is -0.316 e. The van der Waals surface area contributed by atoms with Crippen molar-refractivity contribution in [3.8, 4) is 0 Å². The summed E-state index contributed by atoms with van der Waals surface area (Å²) in [6, 6.07) is 0. The van der Waals surface area contributed by atoms with Gasteiger partial charge in [0, 0.05) is 0 Å². The highest BCUT2D eigenvalue weighted by Gasteiger charge is 2.16. The highest BCUT2D eigenvalue weighted by Crippen LogP contribution is 2.15. The van der Waals surface area contributed by atoms with E-state index in [1.807, 2.05) is 0 Å². The third-order valence-electron chi connectivity index (χ3n) is 3.01. The molecule has 1 aliphatic heterocycles. The number of piperidine rings is 1. The molecule has 13 heavy (non-hydrogen) atoms. The van der Waals surface area contributed by atoms with Gasteiger partial charge in [0.2, 0.25) is 0 Å². The quantitative estimate of drug-likeness (QED) is 0.654. The molecule has 0 atom stereocenters. The molecule has 0 unspecified atom stereocenters. The maximum atomic E-state index is 3.52. The second kappa shape index (κ2) is 6.39. The summed E-state index contributed by atoms with van der Waals surface area (Å²) in [7, 11) is 0. The molecule has 1 rings (SSSR count). The maximum absolute atomic E-state index is 3.52. The normalized spacial score (nSPS) is 20.8. The van der Waals surface area contributed by atoms with Crippen molar-refractivity contribution in [2.75, 3.05) is 32.7 Å². The molecule has 0 radical (unpaired) electrons. The van der Waals surface area contributed by atoms with Crippen LogP contribution in [0.2, 0.25) is 0 Å². The van der Waals surface area contributed by atoms with Gasteiger partial charge < -0.3 is 10.2 Å². The number of rotatable bonds is 5. The van der Waals surface area contributed by atoms with Crippen molar-refractivity contribution >= 4 is 0 Å². The van der Waals surface area contributed by atoms with Crippen LogP contribution in [0.15, 0.2) is 0 Å². The van der Waals surface area contributed by atoms with Gasteiger partial charge in [-0.2, -0.15) is 0 Å². The molecular formula is C11H24N2. The number of nitrogens with zero attached hydrogens (tertiary/aromatic N) is 1. The first kappa shape index (κ1) is 11.0. The predicted octanol–water partition coefficient (Wildman–Crippen LogP) is 1.72. The lowest BCUT2D eigenvalue weighted by atomic mass is 9.97. The fourth-order valence-electron chi connectivity index (χ4n) is 1.99. The topological polar surface area (TPSA) is 15.3 Å². The lowest BCUT2D eigenvalue weighted by molar-refractivity contribution is 0.190. The standard InChI is InChI=1S/C11H24N2/c1-3-7-12-10-11-5-8-13(4-2)9-6-11/h11-12H,3-10H2,1-2H3. The summed E-state index contributed by atoms with van der Waals surface area (Å²) < 4.78 is 0. The van der Waals surface area contributed by atoms with E-state index in [9.17, 15) is 0 Å². The van der Waals surface area contributed by atoms with E-state index < -0.39 is 0 Å². The summed E-state index contributed by atoms with van der Waals surface area (Å²) in [5.41, 5.74) is 0. The second-order valence-corrected chi connectivity index (χ2v) is 4.08. The summed E-state index contributed by atoms with van der Waals surface area (Å²) in [6.07, 6.45) is 4.04. The zero-order valence-corrected chi connectivity index (χ0v) is 9.18. The molecule has 0 spiro atoms. The van der Waals surface area contributed by atoms with Gasteiger partial charge in [-0.15, -0.1) is 0 Å². The Balaban J connectivity index is 2.03. The molecule has 0 saturated carbocycles. The summed E-state index contributed by atoms with van der Waals surface area (Å²) in [4.78, 5) is 2.55. The molecule has 0 amide bonds. The molecular weight excluding hydrogens is 160 g/mol. The van der Waals surface area contributed by atoms with Crippen LogP contribution in [0.1, 0.15) is 33.1 Å². The van der Waals surface area contributed by atoms with Gasteiger partial charge in [0.15, 0.2) is 0 Å². The van der Waals surface area contributed by atoms with Crippen LogP contribution in [-0.2, 0) is 0 Å². The van der Waals surface area contributed by atoms with Crippen molar-refractivity contribution in [1.82, 2.24) is 10.2 Å². The van der Waals surface area contributed by atoms with Gasteiger partial charge in [-0.25, -0.2) is 0 Å². The summed E-state index contributed by atoms with van der Waals surface area (Å²) in [5.74, 6) is 0.939. The molecule has 2 nitrogen and oxygen atoms in total. The van der Waals surface area contributed by atoms with Gasteiger partial charge in [0.05, 0.1) is 0 Å². The summed E-state index contributed by atoms with van der Waals surface area (Å²) >= 11 is 0. The Morgan fingerprint density at radius 2 is 1.92 bits per heavy atom. The van der Waals surface area contributed by atoms with E-state index in [4.69, 9.17) is 0 Å². The molecule has 1 aliphatic rings. The Hall–Kier alpha value is -0.0800. The first-order valence-electron chi connectivity index (χ1n) is 5.79. The fraction of sp³-hybridized carbons (Fsp3) is 1.00.